The standard InChI is InChI=1S/C25H26FN3O4S.C20H20FN3O2S.C9H11NO5.ClH/c1-14-5-6-18(20(26)7-14)19-12-34-23-21(19)27-13-28-24(23)33-22-15-8-29(9-16(22)11-31-10-15)25(30)32-17-3-2-4-17;1-11-2-3-14(16(21)4-11)15-9-27-19-17(15)23-10-24-20(19)26-18-12-5-22-6-13(18)8-25-7-12;11-7-4-5-8(12)10(7)15-9(13)14-6-2-1-3-6;/h5-7,12-13,15-17,22H,2-4,8-11H2,1H3;2-4,9-10,12-13,18,22H,5-8H2,1H3;6H,1-5H2;1H. The van der Waals surface area contributed by atoms with Crippen molar-refractivity contribution in [3.05, 3.63) is 82.6 Å². The molecule has 77 heavy (non-hydrogen) atoms. The summed E-state index contributed by atoms with van der Waals surface area (Å²) in [5.41, 5.74) is 5.79. The van der Waals surface area contributed by atoms with E-state index in [4.69, 9.17) is 28.4 Å². The second kappa shape index (κ2) is 23.8. The number of carbonyl (C=O) groups is 4. The Balaban J connectivity index is 0.000000140. The van der Waals surface area contributed by atoms with Crippen molar-refractivity contribution in [2.24, 2.45) is 23.7 Å². The van der Waals surface area contributed by atoms with E-state index in [1.807, 2.05) is 42.8 Å². The molecule has 2 aromatic carbocycles. The van der Waals surface area contributed by atoms with Crippen LogP contribution in [0.3, 0.4) is 0 Å². The largest absolute Gasteiger partial charge is 0.534 e. The molecule has 4 aromatic heterocycles. The third-order valence-electron chi connectivity index (χ3n) is 14.9. The molecule has 4 bridgehead atoms. The Kier molecular flexibility index (Phi) is 16.8. The van der Waals surface area contributed by atoms with E-state index in [0.29, 0.717) is 84.8 Å². The maximum absolute atomic E-state index is 14.7. The van der Waals surface area contributed by atoms with Crippen LogP contribution in [0.25, 0.3) is 42.7 Å². The summed E-state index contributed by atoms with van der Waals surface area (Å²) in [5, 5.41) is 7.77. The molecule has 3 amide bonds. The fourth-order valence-electron chi connectivity index (χ4n) is 10.4. The molecule has 0 radical (unpaired) electrons. The van der Waals surface area contributed by atoms with Crippen LogP contribution in [0.5, 0.6) is 11.8 Å². The Morgan fingerprint density at radius 2 is 1.12 bits per heavy atom. The van der Waals surface area contributed by atoms with Gasteiger partial charge < -0.3 is 38.6 Å². The lowest BCUT2D eigenvalue weighted by atomic mass is 9.84. The summed E-state index contributed by atoms with van der Waals surface area (Å²) in [6.07, 6.45) is 7.57. The van der Waals surface area contributed by atoms with Crippen molar-refractivity contribution >= 4 is 79.6 Å². The van der Waals surface area contributed by atoms with E-state index in [1.54, 1.807) is 17.0 Å². The molecule has 4 unspecified atom stereocenters. The Hall–Kier alpha value is -6.17. The molecule has 9 heterocycles. The summed E-state index contributed by atoms with van der Waals surface area (Å²) in [5.74, 6) is 0.285. The first-order chi connectivity index (χ1) is 36.9. The number of hydroxylamine groups is 2. The van der Waals surface area contributed by atoms with Crippen LogP contribution in [0.1, 0.15) is 62.5 Å². The summed E-state index contributed by atoms with van der Waals surface area (Å²) in [4.78, 5) is 69.9. The molecule has 18 nitrogen and oxygen atoms in total. The van der Waals surface area contributed by atoms with Gasteiger partial charge in [0.2, 0.25) is 11.8 Å². The number of likely N-dealkylation sites (tertiary alicyclic amines) is 1. The first-order valence-electron chi connectivity index (χ1n) is 25.8. The van der Waals surface area contributed by atoms with Crippen molar-refractivity contribution in [1.29, 1.82) is 0 Å². The van der Waals surface area contributed by atoms with Gasteiger partial charge in [-0.15, -0.1) is 35.1 Å². The Labute approximate surface area is 456 Å². The normalized spacial score (nSPS) is 23.8. The second-order valence-corrected chi connectivity index (χ2v) is 22.1. The summed E-state index contributed by atoms with van der Waals surface area (Å²) >= 11 is 2.96. The summed E-state index contributed by atoms with van der Waals surface area (Å²) in [7, 11) is 0. The number of aryl methyl sites for hydroxylation is 2. The van der Waals surface area contributed by atoms with Crippen LogP contribution in [-0.2, 0) is 33.4 Å². The highest BCUT2D eigenvalue weighted by Crippen LogP contribution is 2.42. The molecular formula is C54H58ClF2N7O11S2. The van der Waals surface area contributed by atoms with Crippen LogP contribution < -0.4 is 14.8 Å². The Morgan fingerprint density at radius 3 is 1.58 bits per heavy atom. The van der Waals surface area contributed by atoms with Gasteiger partial charge in [-0.3, -0.25) is 14.4 Å². The number of amides is 3. The van der Waals surface area contributed by atoms with Gasteiger partial charge in [-0.05, 0) is 75.6 Å². The van der Waals surface area contributed by atoms with E-state index < -0.39 is 18.0 Å². The van der Waals surface area contributed by atoms with Gasteiger partial charge in [-0.1, -0.05) is 29.3 Å². The molecule has 5 aliphatic heterocycles. The van der Waals surface area contributed by atoms with Crippen molar-refractivity contribution in [3.63, 3.8) is 0 Å². The minimum Gasteiger partial charge on any atom is -0.472 e. The lowest BCUT2D eigenvalue weighted by molar-refractivity contribution is -0.179. The van der Waals surface area contributed by atoms with Crippen LogP contribution in [0, 0.1) is 49.2 Å². The minimum absolute atomic E-state index is 0. The van der Waals surface area contributed by atoms with E-state index in [-0.39, 0.29) is 79.2 Å². The maximum atomic E-state index is 14.7. The molecule has 23 heteroatoms. The number of hydrogen-bond donors (Lipinski definition) is 1. The molecule has 0 spiro atoms. The number of hydrogen-bond acceptors (Lipinski definition) is 18. The van der Waals surface area contributed by atoms with Gasteiger partial charge in [-0.2, -0.15) is 0 Å². The Bertz CT molecular complexity index is 3090. The predicted octanol–water partition coefficient (Wildman–Crippen LogP) is 9.42. The highest BCUT2D eigenvalue weighted by atomic mass is 35.5. The van der Waals surface area contributed by atoms with Crippen LogP contribution in [0.4, 0.5) is 18.4 Å². The lowest BCUT2D eigenvalue weighted by Crippen LogP contribution is -2.59. The number of piperidine rings is 2. The number of imide groups is 1. The first kappa shape index (κ1) is 54.2. The number of carbonyl (C=O) groups excluding carboxylic acids is 4. The number of aromatic nitrogens is 4. The van der Waals surface area contributed by atoms with Crippen LogP contribution in [0.2, 0.25) is 0 Å². The number of benzene rings is 2. The Morgan fingerprint density at radius 1 is 0.649 bits per heavy atom. The van der Waals surface area contributed by atoms with Crippen molar-refractivity contribution in [2.45, 2.75) is 89.6 Å². The molecule has 5 saturated heterocycles. The molecule has 1 N–H and O–H groups in total. The topological polar surface area (TPSA) is 203 Å². The fraction of sp³-hybridized carbons (Fsp3) is 0.481. The van der Waals surface area contributed by atoms with Gasteiger partial charge in [0.05, 0.1) is 37.5 Å². The molecular weight excluding hydrogens is 1060 g/mol. The van der Waals surface area contributed by atoms with Crippen LogP contribution in [-0.4, -0.2) is 131 Å². The van der Waals surface area contributed by atoms with Crippen LogP contribution >= 0.6 is 35.1 Å². The zero-order valence-electron chi connectivity index (χ0n) is 42.4. The molecule has 6 aromatic rings. The van der Waals surface area contributed by atoms with Gasteiger partial charge in [-0.25, -0.2) is 38.3 Å². The quantitative estimate of drug-likeness (QED) is 0.106. The van der Waals surface area contributed by atoms with Crippen molar-refractivity contribution < 1.29 is 61.2 Å². The molecule has 13 rings (SSSR count). The van der Waals surface area contributed by atoms with Gasteiger partial charge in [0.25, 0.3) is 11.8 Å². The van der Waals surface area contributed by atoms with Gasteiger partial charge >= 0.3 is 12.2 Å². The van der Waals surface area contributed by atoms with Gasteiger partial charge in [0.1, 0.15) is 58.1 Å². The van der Waals surface area contributed by atoms with Crippen LogP contribution in [0.15, 0.2) is 59.8 Å². The van der Waals surface area contributed by atoms with Gasteiger partial charge in [0.15, 0.2) is 0 Å². The highest BCUT2D eigenvalue weighted by molar-refractivity contribution is 7.18. The highest BCUT2D eigenvalue weighted by Gasteiger charge is 2.45. The maximum Gasteiger partial charge on any atom is 0.534 e. The molecule has 4 atom stereocenters. The fourth-order valence-corrected chi connectivity index (χ4v) is 12.3. The first-order valence-corrected chi connectivity index (χ1v) is 27.6. The summed E-state index contributed by atoms with van der Waals surface area (Å²) in [6, 6.07) is 10.5. The zero-order chi connectivity index (χ0) is 52.5. The number of ether oxygens (including phenoxy) is 6. The number of nitrogens with one attached hydrogen (secondary N) is 1. The van der Waals surface area contributed by atoms with E-state index in [1.165, 1.54) is 41.4 Å². The molecule has 408 valence electrons. The second-order valence-electron chi connectivity index (χ2n) is 20.4. The number of nitrogens with zero attached hydrogens (tertiary/aromatic N) is 6. The van der Waals surface area contributed by atoms with E-state index in [0.717, 1.165) is 88.8 Å². The van der Waals surface area contributed by atoms with E-state index in [9.17, 15) is 28.0 Å². The van der Waals surface area contributed by atoms with E-state index in [2.05, 4.69) is 30.1 Å². The lowest BCUT2D eigenvalue weighted by Gasteiger charge is -2.46. The number of halogens is 3. The average molecular weight is 1120 g/mol. The smallest absolute Gasteiger partial charge is 0.472 e. The molecule has 7 fully saturated rings. The van der Waals surface area contributed by atoms with Crippen molar-refractivity contribution in [2.75, 3.05) is 52.6 Å². The third-order valence-corrected chi connectivity index (χ3v) is 16.9. The average Bonchev–Trinajstić information content (AvgIpc) is 4.11. The number of rotatable bonds is 9. The van der Waals surface area contributed by atoms with E-state index >= 15 is 0 Å². The molecule has 7 aliphatic rings. The number of thiophene rings is 2. The predicted molar refractivity (Wildman–Crippen MR) is 282 cm³/mol. The van der Waals surface area contributed by atoms with Gasteiger partial charge in [0, 0.05) is 95.7 Å². The number of fused-ring (bicyclic) bond motifs is 6. The molecule has 2 saturated carbocycles. The third kappa shape index (κ3) is 11.8. The molecule has 2 aliphatic carbocycles. The summed E-state index contributed by atoms with van der Waals surface area (Å²) in [6.45, 7) is 9.03. The minimum atomic E-state index is -0.969. The SMILES string of the molecule is Cc1ccc(-c2csc3c(OC4C5CNCC4COC5)ncnc23)c(F)c1.Cc1ccc(-c2csc3c(OC4C5COCC4CN(C(=O)OC4CCC4)C5)ncnc23)c(F)c1.Cl.O=C(OC1CCC1)ON1C(=O)CCC1=O. The zero-order valence-corrected chi connectivity index (χ0v) is 44.8. The van der Waals surface area contributed by atoms with Crippen molar-refractivity contribution in [1.82, 2.24) is 35.2 Å². The summed E-state index contributed by atoms with van der Waals surface area (Å²) < 4.78 is 65.6. The monoisotopic (exact) mass is 1120 g/mol. The van der Waals surface area contributed by atoms with Crippen molar-refractivity contribution in [3.8, 4) is 34.0 Å².